The van der Waals surface area contributed by atoms with Crippen LogP contribution in [0.2, 0.25) is 0 Å². The first-order valence-corrected chi connectivity index (χ1v) is 3.09. The molecular formula is C6H9O3. The summed E-state index contributed by atoms with van der Waals surface area (Å²) < 4.78 is 0. The molecule has 0 amide bonds. The van der Waals surface area contributed by atoms with Crippen LogP contribution in [0.5, 0.6) is 0 Å². The summed E-state index contributed by atoms with van der Waals surface area (Å²) in [6, 6.07) is 0. The van der Waals surface area contributed by atoms with Crippen molar-refractivity contribution in [3.63, 3.8) is 0 Å². The van der Waals surface area contributed by atoms with E-state index in [0.717, 1.165) is 0 Å². The maximum absolute atomic E-state index is 10.6. The van der Waals surface area contributed by atoms with Crippen LogP contribution in [0.15, 0.2) is 0 Å². The van der Waals surface area contributed by atoms with Gasteiger partial charge in [-0.05, 0) is 19.3 Å². The van der Waals surface area contributed by atoms with Gasteiger partial charge in [0.2, 0.25) is 0 Å². The molecule has 0 aromatic rings. The van der Waals surface area contributed by atoms with E-state index in [0.29, 0.717) is 19.3 Å². The van der Waals surface area contributed by atoms with Gasteiger partial charge in [-0.2, -0.15) is 0 Å². The molecule has 1 N–H and O–H groups in total. The Balaban J connectivity index is 2.39. The molecule has 0 aromatic heterocycles. The van der Waals surface area contributed by atoms with Crippen LogP contribution in [0.25, 0.3) is 0 Å². The number of hydrogen-bond donors (Lipinski definition) is 1. The van der Waals surface area contributed by atoms with Gasteiger partial charge in [0, 0.05) is 0 Å². The molecule has 0 bridgehead atoms. The lowest BCUT2D eigenvalue weighted by Crippen LogP contribution is -2.10. The van der Waals surface area contributed by atoms with E-state index in [1.807, 2.05) is 0 Å². The summed E-state index contributed by atoms with van der Waals surface area (Å²) in [5.74, 6) is -1.17. The second-order valence-corrected chi connectivity index (χ2v) is 2.47. The fourth-order valence-electron chi connectivity index (χ4n) is 1.16. The van der Waals surface area contributed by atoms with E-state index in [1.165, 1.54) is 0 Å². The molecule has 3 heteroatoms. The lowest BCUT2D eigenvalue weighted by Gasteiger charge is -1.98. The molecule has 0 aliphatic heterocycles. The van der Waals surface area contributed by atoms with Gasteiger partial charge >= 0.3 is 5.97 Å². The second kappa shape index (κ2) is 2.35. The summed E-state index contributed by atoms with van der Waals surface area (Å²) in [5.41, 5.74) is 0. The highest BCUT2D eigenvalue weighted by Gasteiger charge is 2.28. The molecule has 1 rings (SSSR count). The molecule has 9 heavy (non-hydrogen) atoms. The van der Waals surface area contributed by atoms with Gasteiger partial charge < -0.3 is 5.11 Å². The third-order valence-electron chi connectivity index (χ3n) is 1.73. The zero-order valence-electron chi connectivity index (χ0n) is 5.04. The Morgan fingerprint density at radius 2 is 2.11 bits per heavy atom. The molecule has 0 spiro atoms. The van der Waals surface area contributed by atoms with Gasteiger partial charge in [-0.1, -0.05) is 0 Å². The number of carboxylic acids is 1. The number of carboxylic acid groups (broad SMARTS) is 1. The van der Waals surface area contributed by atoms with Gasteiger partial charge in [0.25, 0.3) is 0 Å². The first-order chi connectivity index (χ1) is 4.20. The van der Waals surface area contributed by atoms with E-state index in [9.17, 15) is 9.90 Å². The van der Waals surface area contributed by atoms with Crippen molar-refractivity contribution in [2.75, 3.05) is 0 Å². The molecule has 0 aromatic carbocycles. The Morgan fingerprint density at radius 3 is 2.33 bits per heavy atom. The van der Waals surface area contributed by atoms with Crippen molar-refractivity contribution in [2.24, 2.45) is 5.92 Å². The van der Waals surface area contributed by atoms with Crippen molar-refractivity contribution in [1.82, 2.24) is 0 Å². The smallest absolute Gasteiger partial charge is 0.306 e. The predicted octanol–water partition coefficient (Wildman–Crippen LogP) is 0.670. The Kier molecular flexibility index (Phi) is 1.71. The van der Waals surface area contributed by atoms with Gasteiger partial charge in [0.1, 0.15) is 0 Å². The van der Waals surface area contributed by atoms with Crippen LogP contribution in [0.4, 0.5) is 0 Å². The van der Waals surface area contributed by atoms with Crippen molar-refractivity contribution in [3.05, 3.63) is 0 Å². The number of carbonyl (C=O) groups is 1. The van der Waals surface area contributed by atoms with E-state index < -0.39 is 12.1 Å². The Labute approximate surface area is 53.3 Å². The molecule has 1 saturated carbocycles. The maximum Gasteiger partial charge on any atom is 0.306 e. The predicted molar refractivity (Wildman–Crippen MR) is 29.5 cm³/mol. The SMILES string of the molecule is [O]C1CCC(C(=O)O)C1. The summed E-state index contributed by atoms with van der Waals surface area (Å²) in [7, 11) is 0. The number of rotatable bonds is 1. The lowest BCUT2D eigenvalue weighted by atomic mass is 10.1. The monoisotopic (exact) mass is 129 g/mol. The van der Waals surface area contributed by atoms with Crippen LogP contribution < -0.4 is 0 Å². The van der Waals surface area contributed by atoms with Crippen molar-refractivity contribution >= 4 is 5.97 Å². The first kappa shape index (κ1) is 6.55. The van der Waals surface area contributed by atoms with Gasteiger partial charge in [-0.15, -0.1) is 0 Å². The zero-order valence-corrected chi connectivity index (χ0v) is 5.04. The quantitative estimate of drug-likeness (QED) is 0.565. The van der Waals surface area contributed by atoms with Crippen LogP contribution in [-0.2, 0) is 9.90 Å². The van der Waals surface area contributed by atoms with E-state index in [-0.39, 0.29) is 5.92 Å². The van der Waals surface area contributed by atoms with Crippen LogP contribution in [0.3, 0.4) is 0 Å². The molecule has 1 radical (unpaired) electrons. The topological polar surface area (TPSA) is 57.2 Å². The minimum Gasteiger partial charge on any atom is -0.481 e. The molecule has 1 aliphatic carbocycles. The van der Waals surface area contributed by atoms with E-state index >= 15 is 0 Å². The molecule has 2 atom stereocenters. The standard InChI is InChI=1S/C6H9O3/c7-5-2-1-4(3-5)6(8)9/h4-5H,1-3H2,(H,8,9). The molecule has 3 nitrogen and oxygen atoms in total. The van der Waals surface area contributed by atoms with Crippen LogP contribution in [0.1, 0.15) is 19.3 Å². The largest absolute Gasteiger partial charge is 0.481 e. The van der Waals surface area contributed by atoms with Crippen molar-refractivity contribution in [3.8, 4) is 0 Å². The Morgan fingerprint density at radius 1 is 1.44 bits per heavy atom. The summed E-state index contributed by atoms with van der Waals surface area (Å²) in [6.45, 7) is 0. The molecule has 1 aliphatic rings. The highest BCUT2D eigenvalue weighted by atomic mass is 16.4. The number of aliphatic carboxylic acids is 1. The summed E-state index contributed by atoms with van der Waals surface area (Å²) in [4.78, 5) is 10.2. The average molecular weight is 129 g/mol. The molecular weight excluding hydrogens is 120 g/mol. The van der Waals surface area contributed by atoms with Crippen LogP contribution >= 0.6 is 0 Å². The normalized spacial score (nSPS) is 34.8. The van der Waals surface area contributed by atoms with Gasteiger partial charge in [0.05, 0.1) is 12.0 Å². The Bertz CT molecular complexity index is 121. The third kappa shape index (κ3) is 1.42. The van der Waals surface area contributed by atoms with E-state index in [2.05, 4.69) is 0 Å². The molecule has 1 fully saturated rings. The Hall–Kier alpha value is -0.570. The first-order valence-electron chi connectivity index (χ1n) is 3.09. The van der Waals surface area contributed by atoms with Crippen molar-refractivity contribution in [2.45, 2.75) is 25.4 Å². The summed E-state index contributed by atoms with van der Waals surface area (Å²) >= 11 is 0. The van der Waals surface area contributed by atoms with E-state index in [4.69, 9.17) is 5.11 Å². The van der Waals surface area contributed by atoms with Crippen molar-refractivity contribution < 1.29 is 15.0 Å². The highest BCUT2D eigenvalue weighted by molar-refractivity contribution is 5.70. The summed E-state index contributed by atoms with van der Waals surface area (Å²) in [6.07, 6.45) is 0.821. The zero-order chi connectivity index (χ0) is 6.85. The van der Waals surface area contributed by atoms with Gasteiger partial charge in [-0.3, -0.25) is 4.79 Å². The fraction of sp³-hybridized carbons (Fsp3) is 0.833. The molecule has 0 heterocycles. The van der Waals surface area contributed by atoms with E-state index in [1.54, 1.807) is 0 Å². The van der Waals surface area contributed by atoms with Crippen LogP contribution in [0, 0.1) is 5.92 Å². The fourth-order valence-corrected chi connectivity index (χ4v) is 1.16. The molecule has 2 unspecified atom stereocenters. The van der Waals surface area contributed by atoms with Crippen LogP contribution in [-0.4, -0.2) is 17.2 Å². The van der Waals surface area contributed by atoms with Gasteiger partial charge in [0.15, 0.2) is 0 Å². The highest BCUT2D eigenvalue weighted by Crippen LogP contribution is 2.25. The minimum atomic E-state index is -0.812. The summed E-state index contributed by atoms with van der Waals surface area (Å²) in [5, 5.41) is 19.0. The molecule has 0 saturated heterocycles. The average Bonchev–Trinajstić information content (AvgIpc) is 2.14. The third-order valence-corrected chi connectivity index (χ3v) is 1.73. The lowest BCUT2D eigenvalue weighted by molar-refractivity contribution is -0.141. The molecule has 51 valence electrons. The number of hydrogen-bond acceptors (Lipinski definition) is 1. The maximum atomic E-state index is 10.6. The van der Waals surface area contributed by atoms with Crippen molar-refractivity contribution in [1.29, 1.82) is 0 Å². The van der Waals surface area contributed by atoms with Gasteiger partial charge in [-0.25, -0.2) is 5.11 Å². The second-order valence-electron chi connectivity index (χ2n) is 2.47. The minimum absolute atomic E-state index is 0.329.